The van der Waals surface area contributed by atoms with E-state index in [0.717, 1.165) is 11.8 Å². The van der Waals surface area contributed by atoms with Crippen molar-refractivity contribution in [1.82, 2.24) is 0 Å². The molecule has 32 valence electrons. The fourth-order valence-electron chi connectivity index (χ4n) is 0.785. The Labute approximate surface area is 40.8 Å². The van der Waals surface area contributed by atoms with Crippen molar-refractivity contribution in [1.29, 1.82) is 0 Å². The summed E-state index contributed by atoms with van der Waals surface area (Å²) < 4.78 is 0. The third-order valence-corrected chi connectivity index (χ3v) is 2.39. The van der Waals surface area contributed by atoms with Crippen molar-refractivity contribution in [2.45, 2.75) is 11.7 Å². The molecule has 0 aromatic carbocycles. The second kappa shape index (κ2) is 0.808. The van der Waals surface area contributed by atoms with Gasteiger partial charge >= 0.3 is 0 Å². The quantitative estimate of drug-likeness (QED) is 0.439. The Morgan fingerprint density at radius 2 is 2.67 bits per heavy atom. The molecule has 1 saturated heterocycles. The van der Waals surface area contributed by atoms with Gasteiger partial charge in [-0.3, -0.25) is 4.99 Å². The third kappa shape index (κ3) is 0.216. The Morgan fingerprint density at radius 1 is 1.83 bits per heavy atom. The van der Waals surface area contributed by atoms with Crippen LogP contribution in [0, 0.1) is 0 Å². The Kier molecular flexibility index (Phi) is 0.415. The lowest BCUT2D eigenvalue weighted by molar-refractivity contribution is 0.970. The summed E-state index contributed by atoms with van der Waals surface area (Å²) in [6.45, 7) is 1.11. The summed E-state index contributed by atoms with van der Waals surface area (Å²) in [7, 11) is 0. The van der Waals surface area contributed by atoms with Crippen LogP contribution in [0.3, 0.4) is 0 Å². The maximum atomic E-state index is 4.19. The molecule has 1 fully saturated rings. The zero-order chi connectivity index (χ0) is 3.98. The van der Waals surface area contributed by atoms with Crippen molar-refractivity contribution >= 4 is 16.8 Å². The fourth-order valence-corrected chi connectivity index (χ4v) is 1.71. The molecule has 2 bridgehead atoms. The van der Waals surface area contributed by atoms with Gasteiger partial charge in [0.25, 0.3) is 0 Å². The van der Waals surface area contributed by atoms with Gasteiger partial charge in [-0.2, -0.15) is 0 Å². The summed E-state index contributed by atoms with van der Waals surface area (Å²) in [5.41, 5.74) is 0. The monoisotopic (exact) mass is 99.0 g/mol. The van der Waals surface area contributed by atoms with Crippen LogP contribution in [0.2, 0.25) is 0 Å². The van der Waals surface area contributed by atoms with E-state index in [0.29, 0.717) is 0 Å². The minimum Gasteiger partial charge on any atom is -0.282 e. The first kappa shape index (κ1) is 3.08. The van der Waals surface area contributed by atoms with E-state index in [1.54, 1.807) is 0 Å². The summed E-state index contributed by atoms with van der Waals surface area (Å²) in [6.07, 6.45) is 1.30. The smallest absolute Gasteiger partial charge is 0.0691 e. The van der Waals surface area contributed by atoms with Crippen molar-refractivity contribution in [3.63, 3.8) is 0 Å². The lowest BCUT2D eigenvalue weighted by Crippen LogP contribution is -2.13. The molecule has 1 atom stereocenters. The molecule has 0 saturated carbocycles. The number of aliphatic imine (C=N–C) groups is 1. The Morgan fingerprint density at radius 3 is 2.83 bits per heavy atom. The number of hydrogen-bond acceptors (Lipinski definition) is 2. The fraction of sp³-hybridized carbons (Fsp3) is 0.750. The highest BCUT2D eigenvalue weighted by atomic mass is 32.2. The average molecular weight is 99.2 g/mol. The summed E-state index contributed by atoms with van der Waals surface area (Å²) >= 11 is 1.94. The third-order valence-electron chi connectivity index (χ3n) is 1.18. The molecule has 3 aliphatic heterocycles. The zero-order valence-corrected chi connectivity index (χ0v) is 4.16. The number of nitrogens with zero attached hydrogens (tertiary/aromatic N) is 1. The minimum absolute atomic E-state index is 0.903. The van der Waals surface area contributed by atoms with Crippen molar-refractivity contribution < 1.29 is 0 Å². The molecular weight excluding hydrogens is 94.1 g/mol. The lowest BCUT2D eigenvalue weighted by Gasteiger charge is -2.13. The number of thioether (sulfide) groups is 1. The molecule has 3 rings (SSSR count). The SMILES string of the molecule is C1N=C2CC1S2. The predicted octanol–water partition coefficient (Wildman–Crippen LogP) is 0.904. The van der Waals surface area contributed by atoms with Crippen LogP contribution in [0.5, 0.6) is 0 Å². The van der Waals surface area contributed by atoms with E-state index in [1.807, 2.05) is 11.8 Å². The molecule has 0 aromatic rings. The normalized spacial score (nSPS) is 38.7. The van der Waals surface area contributed by atoms with Crippen molar-refractivity contribution in [2.75, 3.05) is 6.54 Å². The van der Waals surface area contributed by atoms with Crippen molar-refractivity contribution in [2.24, 2.45) is 4.99 Å². The molecule has 0 aliphatic carbocycles. The summed E-state index contributed by atoms with van der Waals surface area (Å²) in [5, 5.41) is 2.29. The molecule has 3 aliphatic rings. The number of hydrogen-bond donors (Lipinski definition) is 0. The molecule has 0 aromatic heterocycles. The van der Waals surface area contributed by atoms with Crippen LogP contribution in [0.25, 0.3) is 0 Å². The Hall–Kier alpha value is 0.0200. The van der Waals surface area contributed by atoms with E-state index in [1.165, 1.54) is 11.5 Å². The maximum Gasteiger partial charge on any atom is 0.0691 e. The molecule has 0 N–H and O–H groups in total. The standard InChI is InChI=1S/C4H5NS/c1-3-2-5-4(1)6-3/h3H,1-2H2. The molecule has 1 nitrogen and oxygen atoms in total. The molecular formula is C4H5NS. The van der Waals surface area contributed by atoms with Crippen molar-refractivity contribution in [3.05, 3.63) is 0 Å². The van der Waals surface area contributed by atoms with Crippen LogP contribution in [0.15, 0.2) is 4.99 Å². The van der Waals surface area contributed by atoms with Gasteiger partial charge in [0.05, 0.1) is 11.6 Å². The van der Waals surface area contributed by atoms with E-state index in [-0.39, 0.29) is 0 Å². The van der Waals surface area contributed by atoms with E-state index >= 15 is 0 Å². The van der Waals surface area contributed by atoms with Gasteiger partial charge in [0.15, 0.2) is 0 Å². The van der Waals surface area contributed by atoms with Gasteiger partial charge < -0.3 is 0 Å². The number of rotatable bonds is 0. The first-order chi connectivity index (χ1) is 2.95. The molecule has 6 heavy (non-hydrogen) atoms. The molecule has 1 unspecified atom stereocenters. The van der Waals surface area contributed by atoms with E-state index in [2.05, 4.69) is 4.99 Å². The molecule has 0 amide bonds. The highest BCUT2D eigenvalue weighted by Gasteiger charge is 2.30. The maximum absolute atomic E-state index is 4.19. The summed E-state index contributed by atoms with van der Waals surface area (Å²) in [5.74, 6) is 0. The Balaban J connectivity index is 2.37. The highest BCUT2D eigenvalue weighted by Crippen LogP contribution is 2.37. The van der Waals surface area contributed by atoms with Crippen LogP contribution in [0.1, 0.15) is 6.42 Å². The predicted molar refractivity (Wildman–Crippen MR) is 28.3 cm³/mol. The summed E-state index contributed by atoms with van der Waals surface area (Å²) in [6, 6.07) is 0. The largest absolute Gasteiger partial charge is 0.282 e. The van der Waals surface area contributed by atoms with E-state index in [4.69, 9.17) is 0 Å². The molecule has 0 radical (unpaired) electrons. The van der Waals surface area contributed by atoms with Gasteiger partial charge in [0.2, 0.25) is 0 Å². The molecule has 3 heterocycles. The minimum atomic E-state index is 0.903. The summed E-state index contributed by atoms with van der Waals surface area (Å²) in [4.78, 5) is 4.19. The van der Waals surface area contributed by atoms with Gasteiger partial charge in [-0.1, -0.05) is 0 Å². The van der Waals surface area contributed by atoms with Gasteiger partial charge in [-0.25, -0.2) is 0 Å². The van der Waals surface area contributed by atoms with E-state index < -0.39 is 0 Å². The second-order valence-electron chi connectivity index (χ2n) is 1.68. The van der Waals surface area contributed by atoms with Crippen molar-refractivity contribution in [3.8, 4) is 0 Å². The van der Waals surface area contributed by atoms with Crippen LogP contribution < -0.4 is 0 Å². The Bertz CT molecular complexity index is 97.4. The highest BCUT2D eigenvalue weighted by molar-refractivity contribution is 8.16. The van der Waals surface area contributed by atoms with Gasteiger partial charge in [-0.15, -0.1) is 11.8 Å². The zero-order valence-electron chi connectivity index (χ0n) is 3.35. The van der Waals surface area contributed by atoms with Gasteiger partial charge in [0, 0.05) is 11.7 Å². The molecule has 0 spiro atoms. The average Bonchev–Trinajstić information content (AvgIpc) is 1.72. The van der Waals surface area contributed by atoms with Crippen LogP contribution in [0.4, 0.5) is 0 Å². The lowest BCUT2D eigenvalue weighted by atomic mass is 10.3. The van der Waals surface area contributed by atoms with Gasteiger partial charge in [0.1, 0.15) is 0 Å². The first-order valence-corrected chi connectivity index (χ1v) is 3.03. The van der Waals surface area contributed by atoms with Crippen LogP contribution in [-0.2, 0) is 0 Å². The van der Waals surface area contributed by atoms with Crippen LogP contribution >= 0.6 is 11.8 Å². The topological polar surface area (TPSA) is 12.4 Å². The first-order valence-electron chi connectivity index (χ1n) is 2.15. The second-order valence-corrected chi connectivity index (χ2v) is 3.05. The van der Waals surface area contributed by atoms with Gasteiger partial charge in [-0.05, 0) is 0 Å². The van der Waals surface area contributed by atoms with Crippen LogP contribution in [-0.4, -0.2) is 16.8 Å². The number of fused-ring (bicyclic) bond motifs is 1. The molecule has 2 heteroatoms. The van der Waals surface area contributed by atoms with E-state index in [9.17, 15) is 0 Å².